The number of benzene rings is 4. The van der Waals surface area contributed by atoms with Crippen LogP contribution in [-0.4, -0.2) is 91.8 Å². The second-order valence-electron chi connectivity index (χ2n) is 19.9. The Balaban J connectivity index is 0.936. The van der Waals surface area contributed by atoms with Crippen molar-refractivity contribution in [1.29, 1.82) is 0 Å². The van der Waals surface area contributed by atoms with E-state index in [1.807, 2.05) is 0 Å². The number of aliphatic hydroxyl groups excluding tert-OH is 3. The Morgan fingerprint density at radius 3 is 1.74 bits per heavy atom. The topological polar surface area (TPSA) is 211 Å². The van der Waals surface area contributed by atoms with E-state index in [0.717, 1.165) is 57.5 Å². The quantitative estimate of drug-likeness (QED) is 0.0221. The minimum absolute atomic E-state index is 0.0110. The molecule has 1 saturated carbocycles. The van der Waals surface area contributed by atoms with Crippen LogP contribution in [0.5, 0.6) is 5.75 Å². The summed E-state index contributed by atoms with van der Waals surface area (Å²) in [6, 6.07) is 27.9. The number of likely N-dealkylation sites (N-methyl/N-ethyl adjacent to an activating group) is 1. The summed E-state index contributed by atoms with van der Waals surface area (Å²) in [5, 5.41) is 64.5. The Labute approximate surface area is 410 Å². The van der Waals surface area contributed by atoms with Crippen LogP contribution < -0.4 is 27.0 Å². The van der Waals surface area contributed by atoms with Crippen LogP contribution in [-0.2, 0) is 19.2 Å². The number of unbranched alkanes of at least 4 members (excludes halogenated alkanes) is 8. The van der Waals surface area contributed by atoms with E-state index in [0.29, 0.717) is 12.0 Å². The Bertz CT molecular complexity index is 2640. The zero-order chi connectivity index (χ0) is 50.2. The number of aliphatic hydroxyl groups is 4. The number of fused-ring (bicyclic) bond motifs is 3. The number of halogens is 1. The summed E-state index contributed by atoms with van der Waals surface area (Å²) in [6.07, 6.45) is 8.17. The molecule has 12 nitrogen and oxygen atoms in total. The van der Waals surface area contributed by atoms with E-state index in [9.17, 15) is 44.7 Å². The van der Waals surface area contributed by atoms with Crippen molar-refractivity contribution in [3.8, 4) is 5.75 Å². The van der Waals surface area contributed by atoms with Gasteiger partial charge in [0.2, 0.25) is 5.78 Å². The molecule has 0 spiro atoms. The molecule has 0 aliphatic heterocycles. The van der Waals surface area contributed by atoms with Gasteiger partial charge in [-0.15, -0.1) is 0 Å². The molecular formula is C55H67ClN3O9P. The van der Waals surface area contributed by atoms with Crippen LogP contribution in [0.4, 0.5) is 5.69 Å². The predicted octanol–water partition coefficient (Wildman–Crippen LogP) is 7.94. The summed E-state index contributed by atoms with van der Waals surface area (Å²) >= 11 is 8.42. The monoisotopic (exact) mass is 979 g/mol. The van der Waals surface area contributed by atoms with Crippen molar-refractivity contribution in [2.75, 3.05) is 25.6 Å². The Hall–Kier alpha value is -5.36. The number of anilines is 1. The third kappa shape index (κ3) is 9.04. The fourth-order valence-corrected chi connectivity index (χ4v) is 17.9. The van der Waals surface area contributed by atoms with Gasteiger partial charge >= 0.3 is 220 Å². The number of carbonyl (C=O) groups is 4. The molecule has 368 valence electrons. The van der Waals surface area contributed by atoms with Gasteiger partial charge in [0.05, 0.1) is 29.3 Å². The third-order valence-corrected chi connectivity index (χ3v) is 22.5. The molecule has 69 heavy (non-hydrogen) atoms. The molecule has 3 aliphatic rings. The van der Waals surface area contributed by atoms with Gasteiger partial charge in [0.1, 0.15) is 22.8 Å². The van der Waals surface area contributed by atoms with Gasteiger partial charge < -0.3 is 36.6 Å². The molecule has 2 amide bonds. The summed E-state index contributed by atoms with van der Waals surface area (Å²) in [5.74, 6) is -13.5. The van der Waals surface area contributed by atoms with Crippen molar-refractivity contribution in [1.82, 2.24) is 4.90 Å². The zero-order valence-electron chi connectivity index (χ0n) is 40.5. The van der Waals surface area contributed by atoms with Crippen LogP contribution in [0.25, 0.3) is 5.76 Å². The SMILES string of the molecule is Cc1cccc(P(Cl)(CCCCCCCCCCCC(=O)Nc2ccc3c(c2O)C(O)=C2C(=O)[C@]4(O)C(O)=C(C(N)=O)C(=O)[C@@H](N(C)C)[C@@H]4[C@@H](O)[C@@H]2[C@H]3C)(c2cccc(C)c2)c2cccc(C)c2)c1. The van der Waals surface area contributed by atoms with E-state index in [-0.39, 0.29) is 23.6 Å². The molecule has 0 radical (unpaired) electrons. The van der Waals surface area contributed by atoms with Crippen molar-refractivity contribution in [3.63, 3.8) is 0 Å². The van der Waals surface area contributed by atoms with Crippen LogP contribution in [0.1, 0.15) is 105 Å². The Morgan fingerprint density at radius 2 is 1.26 bits per heavy atom. The zero-order valence-corrected chi connectivity index (χ0v) is 42.1. The van der Waals surface area contributed by atoms with Crippen molar-refractivity contribution in [3.05, 3.63) is 130 Å². The van der Waals surface area contributed by atoms with Gasteiger partial charge in [0, 0.05) is 11.5 Å². The number of primary amides is 1. The fraction of sp³-hybridized carbons (Fsp3) is 0.418. The molecule has 7 rings (SSSR count). The average molecular weight is 981 g/mol. The molecular weight excluding hydrogens is 913 g/mol. The summed E-state index contributed by atoms with van der Waals surface area (Å²) in [6.45, 7) is 8.05. The Morgan fingerprint density at radius 1 is 0.768 bits per heavy atom. The van der Waals surface area contributed by atoms with Gasteiger partial charge in [-0.3, -0.25) is 24.1 Å². The number of aryl methyl sites for hydroxylation is 3. The maximum atomic E-state index is 14.3. The van der Waals surface area contributed by atoms with Crippen LogP contribution in [0.3, 0.4) is 0 Å². The number of amides is 2. The molecule has 3 aliphatic carbocycles. The molecule has 8 N–H and O–H groups in total. The predicted molar refractivity (Wildman–Crippen MR) is 275 cm³/mol. The van der Waals surface area contributed by atoms with Crippen molar-refractivity contribution >= 4 is 67.9 Å². The minimum atomic E-state index is -3.36. The standard InChI is InChI=1S/C55H67ClN3O9P/c1-32-19-16-22-36(29-32)69(56,37-23-17-20-33(2)30-37,38-24-18-21-34(3)31-38)28-15-13-11-9-7-8-10-12-14-25-41(60)58-40-27-26-39-35(4)42-44(49(62)43(39)48(40)61)52(65)55(68)46(50(42)63)47(59(5)6)51(64)45(53(55)66)54(57)67/h16-24,26-27,29-31,35,42,46-47,50,61-63,66,68H,7-15,25,28H2,1-6H3,(H2,57,67)(H,58,60)/t35-,42+,46+,47-,50-,55-/m0/s1. The fourth-order valence-electron chi connectivity index (χ4n) is 11.5. The van der Waals surface area contributed by atoms with E-state index < -0.39 is 87.3 Å². The van der Waals surface area contributed by atoms with Crippen molar-refractivity contribution in [2.24, 2.45) is 17.6 Å². The number of carbonyl (C=O) groups excluding carboxylic acids is 4. The van der Waals surface area contributed by atoms with Gasteiger partial charge in [-0.2, -0.15) is 0 Å². The van der Waals surface area contributed by atoms with Crippen LogP contribution in [0.2, 0.25) is 0 Å². The molecule has 0 heterocycles. The van der Waals surface area contributed by atoms with E-state index in [2.05, 4.69) is 98.9 Å². The first-order valence-electron chi connectivity index (χ1n) is 24.1. The number of nitrogens with one attached hydrogen (secondary N) is 1. The second-order valence-corrected chi connectivity index (χ2v) is 26.5. The van der Waals surface area contributed by atoms with Gasteiger partial charge in [-0.05, 0) is 31.6 Å². The first-order valence-corrected chi connectivity index (χ1v) is 27.4. The first kappa shape index (κ1) is 51.5. The van der Waals surface area contributed by atoms with Crippen LogP contribution in [0.15, 0.2) is 102 Å². The maximum absolute atomic E-state index is 14.3. The van der Waals surface area contributed by atoms with Gasteiger partial charge in [-0.25, -0.2) is 0 Å². The van der Waals surface area contributed by atoms with E-state index in [1.165, 1.54) is 57.7 Å². The van der Waals surface area contributed by atoms with Crippen molar-refractivity contribution in [2.45, 2.75) is 116 Å². The summed E-state index contributed by atoms with van der Waals surface area (Å²) in [4.78, 5) is 54.6. The number of rotatable bonds is 18. The van der Waals surface area contributed by atoms with E-state index in [4.69, 9.17) is 17.0 Å². The van der Waals surface area contributed by atoms with E-state index >= 15 is 0 Å². The molecule has 4 aromatic rings. The van der Waals surface area contributed by atoms with Crippen molar-refractivity contribution < 1.29 is 44.7 Å². The summed E-state index contributed by atoms with van der Waals surface area (Å²) in [5.41, 5.74) is 4.66. The normalized spacial score (nSPS) is 23.0. The molecule has 6 atom stereocenters. The number of hydrogen-bond donors (Lipinski definition) is 7. The molecule has 0 bridgehead atoms. The van der Waals surface area contributed by atoms with Gasteiger partial charge in [0.15, 0.2) is 11.4 Å². The number of nitrogens with zero attached hydrogens (tertiary/aromatic N) is 1. The average Bonchev–Trinajstić information content (AvgIpc) is 3.30. The van der Waals surface area contributed by atoms with Gasteiger partial charge in [-0.1, -0.05) is 13.0 Å². The number of ketones is 2. The molecule has 1 fully saturated rings. The number of Topliss-reactive ketones (excluding diaryl/α,β-unsaturated/α-hetero) is 2. The number of hydrogen-bond acceptors (Lipinski definition) is 10. The molecule has 0 saturated heterocycles. The number of phenolic OH excluding ortho intramolecular Hbond substituents is 1. The molecule has 0 aromatic heterocycles. The second kappa shape index (κ2) is 20.2. The Kier molecular flexibility index (Phi) is 15.0. The summed E-state index contributed by atoms with van der Waals surface area (Å²) in [7, 11) is 2.91. The number of nitrogens with two attached hydrogens (primary N) is 1. The first-order chi connectivity index (χ1) is 32.7. The third-order valence-electron chi connectivity index (χ3n) is 15.0. The summed E-state index contributed by atoms with van der Waals surface area (Å²) < 4.78 is 0. The molecule has 4 aromatic carbocycles. The van der Waals surface area contributed by atoms with Gasteiger partial charge in [0.25, 0.3) is 5.91 Å². The number of aromatic hydroxyl groups is 1. The number of phenols is 1. The van der Waals surface area contributed by atoms with E-state index in [1.54, 1.807) is 13.0 Å². The van der Waals surface area contributed by atoms with Crippen LogP contribution >= 0.6 is 17.2 Å². The molecule has 14 heteroatoms. The van der Waals surface area contributed by atoms with Crippen LogP contribution in [0, 0.1) is 32.6 Å². The molecule has 0 unspecified atom stereocenters.